The van der Waals surface area contributed by atoms with Gasteiger partial charge in [-0.2, -0.15) is 11.3 Å². The van der Waals surface area contributed by atoms with E-state index < -0.39 is 0 Å². The zero-order chi connectivity index (χ0) is 16.8. The number of aryl methyl sites for hydroxylation is 1. The maximum Gasteiger partial charge on any atom is 0.192 e. The lowest BCUT2D eigenvalue weighted by Crippen LogP contribution is -2.41. The van der Waals surface area contributed by atoms with Gasteiger partial charge in [-0.1, -0.05) is 0 Å². The average Bonchev–Trinajstić information content (AvgIpc) is 3.33. The highest BCUT2D eigenvalue weighted by atomic mass is 32.1. The lowest BCUT2D eigenvalue weighted by Gasteiger charge is -2.15. The number of guanidine groups is 1. The number of ether oxygens (including phenoxy) is 1. The molecule has 2 N–H and O–H groups in total. The SMILES string of the molecule is Cc1nnc(CNC(=NCc2ccsc2)NCC2CCCO2)n1C. The van der Waals surface area contributed by atoms with E-state index in [1.807, 2.05) is 18.5 Å². The van der Waals surface area contributed by atoms with Gasteiger partial charge in [0.15, 0.2) is 11.8 Å². The van der Waals surface area contributed by atoms with Crippen LogP contribution in [0.2, 0.25) is 0 Å². The highest BCUT2D eigenvalue weighted by Crippen LogP contribution is 2.11. The van der Waals surface area contributed by atoms with Crippen LogP contribution in [0.5, 0.6) is 0 Å². The lowest BCUT2D eigenvalue weighted by atomic mass is 10.2. The summed E-state index contributed by atoms with van der Waals surface area (Å²) in [6.45, 7) is 4.81. The minimum Gasteiger partial charge on any atom is -0.376 e. The molecule has 0 spiro atoms. The van der Waals surface area contributed by atoms with Crippen LogP contribution in [0.1, 0.15) is 30.1 Å². The topological polar surface area (TPSA) is 76.4 Å². The van der Waals surface area contributed by atoms with Crippen molar-refractivity contribution in [1.29, 1.82) is 0 Å². The quantitative estimate of drug-likeness (QED) is 0.612. The molecule has 2 aromatic rings. The molecule has 0 saturated carbocycles. The van der Waals surface area contributed by atoms with Crippen LogP contribution in [0, 0.1) is 6.92 Å². The number of aromatic nitrogens is 3. The molecule has 24 heavy (non-hydrogen) atoms. The summed E-state index contributed by atoms with van der Waals surface area (Å²) < 4.78 is 7.64. The first-order valence-electron chi connectivity index (χ1n) is 8.22. The van der Waals surface area contributed by atoms with E-state index in [0.29, 0.717) is 13.1 Å². The molecule has 1 saturated heterocycles. The summed E-state index contributed by atoms with van der Waals surface area (Å²) in [4.78, 5) is 4.67. The third-order valence-electron chi connectivity index (χ3n) is 4.12. The van der Waals surface area contributed by atoms with Crippen molar-refractivity contribution in [3.8, 4) is 0 Å². The average molecular weight is 348 g/mol. The highest BCUT2D eigenvalue weighted by Gasteiger charge is 2.16. The molecule has 8 heteroatoms. The van der Waals surface area contributed by atoms with Crippen LogP contribution in [0.3, 0.4) is 0 Å². The molecule has 1 aliphatic rings. The van der Waals surface area contributed by atoms with Crippen LogP contribution in [0.15, 0.2) is 21.8 Å². The maximum absolute atomic E-state index is 5.67. The molecule has 1 aliphatic heterocycles. The summed E-state index contributed by atoms with van der Waals surface area (Å²) in [6.07, 6.45) is 2.52. The molecule has 0 aliphatic carbocycles. The third-order valence-corrected chi connectivity index (χ3v) is 4.85. The summed E-state index contributed by atoms with van der Waals surface area (Å²) >= 11 is 1.69. The summed E-state index contributed by atoms with van der Waals surface area (Å²) in [6, 6.07) is 2.10. The number of hydrogen-bond acceptors (Lipinski definition) is 5. The van der Waals surface area contributed by atoms with Gasteiger partial charge in [0.2, 0.25) is 0 Å². The second-order valence-corrected chi connectivity index (χ2v) is 6.67. The molecule has 1 unspecified atom stereocenters. The molecule has 0 radical (unpaired) electrons. The van der Waals surface area contributed by atoms with E-state index in [1.54, 1.807) is 11.3 Å². The summed E-state index contributed by atoms with van der Waals surface area (Å²) in [7, 11) is 1.97. The first-order chi connectivity index (χ1) is 11.7. The molecule has 3 heterocycles. The van der Waals surface area contributed by atoms with Gasteiger partial charge in [0.1, 0.15) is 5.82 Å². The van der Waals surface area contributed by atoms with E-state index in [9.17, 15) is 0 Å². The van der Waals surface area contributed by atoms with E-state index >= 15 is 0 Å². The van der Waals surface area contributed by atoms with Crippen molar-refractivity contribution < 1.29 is 4.74 Å². The number of rotatable bonds is 6. The van der Waals surface area contributed by atoms with Crippen molar-refractivity contribution >= 4 is 17.3 Å². The molecule has 7 nitrogen and oxygen atoms in total. The van der Waals surface area contributed by atoms with E-state index in [0.717, 1.165) is 43.6 Å². The second-order valence-electron chi connectivity index (χ2n) is 5.89. The Morgan fingerprint density at radius 3 is 3.04 bits per heavy atom. The Morgan fingerprint density at radius 1 is 1.46 bits per heavy atom. The summed E-state index contributed by atoms with van der Waals surface area (Å²) in [5, 5.41) is 19.2. The van der Waals surface area contributed by atoms with Crippen molar-refractivity contribution in [2.24, 2.45) is 12.0 Å². The van der Waals surface area contributed by atoms with Gasteiger partial charge in [-0.05, 0) is 42.2 Å². The zero-order valence-electron chi connectivity index (χ0n) is 14.2. The zero-order valence-corrected chi connectivity index (χ0v) is 15.0. The molecular weight excluding hydrogens is 324 g/mol. The van der Waals surface area contributed by atoms with Crippen molar-refractivity contribution in [3.63, 3.8) is 0 Å². The van der Waals surface area contributed by atoms with Gasteiger partial charge < -0.3 is 19.9 Å². The van der Waals surface area contributed by atoms with Gasteiger partial charge >= 0.3 is 0 Å². The van der Waals surface area contributed by atoms with Crippen molar-refractivity contribution in [2.75, 3.05) is 13.2 Å². The lowest BCUT2D eigenvalue weighted by molar-refractivity contribution is 0.113. The third kappa shape index (κ3) is 4.55. The van der Waals surface area contributed by atoms with Crippen LogP contribution < -0.4 is 10.6 Å². The van der Waals surface area contributed by atoms with Gasteiger partial charge in [0, 0.05) is 20.2 Å². The van der Waals surface area contributed by atoms with Crippen molar-refractivity contribution in [1.82, 2.24) is 25.4 Å². The Kier molecular flexibility index (Phi) is 5.81. The largest absolute Gasteiger partial charge is 0.376 e. The molecular formula is C16H24N6OS. The van der Waals surface area contributed by atoms with Gasteiger partial charge in [-0.15, -0.1) is 10.2 Å². The van der Waals surface area contributed by atoms with Crippen molar-refractivity contribution in [2.45, 2.75) is 39.0 Å². The fourth-order valence-electron chi connectivity index (χ4n) is 2.51. The highest BCUT2D eigenvalue weighted by molar-refractivity contribution is 7.07. The van der Waals surface area contributed by atoms with Crippen LogP contribution in [0.25, 0.3) is 0 Å². The number of nitrogens with zero attached hydrogens (tertiary/aromatic N) is 4. The van der Waals surface area contributed by atoms with Gasteiger partial charge in [-0.3, -0.25) is 0 Å². The number of hydrogen-bond donors (Lipinski definition) is 2. The number of aliphatic imine (C=N–C) groups is 1. The monoisotopic (exact) mass is 348 g/mol. The first kappa shape index (κ1) is 16.9. The maximum atomic E-state index is 5.67. The van der Waals surface area contributed by atoms with Gasteiger partial charge in [0.25, 0.3) is 0 Å². The van der Waals surface area contributed by atoms with Crippen molar-refractivity contribution in [3.05, 3.63) is 34.0 Å². The van der Waals surface area contributed by atoms with Crippen LogP contribution in [-0.2, 0) is 24.9 Å². The molecule has 3 rings (SSSR count). The molecule has 0 amide bonds. The Hall–Kier alpha value is -1.93. The summed E-state index contributed by atoms with van der Waals surface area (Å²) in [5.74, 6) is 2.56. The van der Waals surface area contributed by atoms with E-state index in [4.69, 9.17) is 4.74 Å². The molecule has 1 fully saturated rings. The number of thiophene rings is 1. The fraction of sp³-hybridized carbons (Fsp3) is 0.562. The molecule has 2 aromatic heterocycles. The Labute approximate surface area is 146 Å². The molecule has 1 atom stereocenters. The van der Waals surface area contributed by atoms with Gasteiger partial charge in [0.05, 0.1) is 19.2 Å². The second kappa shape index (κ2) is 8.25. The molecule has 0 bridgehead atoms. The van der Waals surface area contributed by atoms with E-state index in [2.05, 4.69) is 42.6 Å². The van der Waals surface area contributed by atoms with Crippen LogP contribution >= 0.6 is 11.3 Å². The van der Waals surface area contributed by atoms with Crippen LogP contribution in [0.4, 0.5) is 0 Å². The molecule has 130 valence electrons. The normalized spacial score (nSPS) is 18.1. The van der Waals surface area contributed by atoms with E-state index in [-0.39, 0.29) is 6.10 Å². The van der Waals surface area contributed by atoms with Crippen LogP contribution in [-0.4, -0.2) is 40.0 Å². The molecule has 0 aromatic carbocycles. The smallest absolute Gasteiger partial charge is 0.192 e. The minimum absolute atomic E-state index is 0.273. The van der Waals surface area contributed by atoms with Gasteiger partial charge in [-0.25, -0.2) is 4.99 Å². The number of nitrogens with one attached hydrogen (secondary N) is 2. The predicted molar refractivity (Wildman–Crippen MR) is 95.0 cm³/mol. The predicted octanol–water partition coefficient (Wildman–Crippen LogP) is 1.60. The van der Waals surface area contributed by atoms with E-state index in [1.165, 1.54) is 5.56 Å². The Morgan fingerprint density at radius 2 is 2.38 bits per heavy atom. The fourth-order valence-corrected chi connectivity index (χ4v) is 3.17. The Bertz CT molecular complexity index is 660. The minimum atomic E-state index is 0.273. The first-order valence-corrected chi connectivity index (χ1v) is 9.16. The standard InChI is InChI=1S/C16H24N6OS/c1-12-20-21-15(22(12)2)10-19-16(17-8-13-5-7-24-11-13)18-9-14-4-3-6-23-14/h5,7,11,14H,3-4,6,8-10H2,1-2H3,(H2,17,18,19). The summed E-state index contributed by atoms with van der Waals surface area (Å²) in [5.41, 5.74) is 1.22. The Balaban J connectivity index is 1.59.